The van der Waals surface area contributed by atoms with Crippen molar-refractivity contribution in [1.82, 2.24) is 9.88 Å². The number of pyridine rings is 1. The molecule has 0 N–H and O–H groups in total. The van der Waals surface area contributed by atoms with Crippen LogP contribution >= 0.6 is 0 Å². The van der Waals surface area contributed by atoms with E-state index in [1.165, 1.54) is 0 Å². The Hall–Kier alpha value is -1.13. The molecule has 1 aliphatic heterocycles. The second kappa shape index (κ2) is 5.09. The first-order valence-corrected chi connectivity index (χ1v) is 5.17. The molecular weight excluding hydrogens is 192 g/mol. The van der Waals surface area contributed by atoms with Crippen LogP contribution in [0.3, 0.4) is 0 Å². The Kier molecular flexibility index (Phi) is 3.53. The number of morpholine rings is 1. The Bertz CT molecular complexity index is 292. The molecular formula is C11H16N2O2. The molecule has 0 radical (unpaired) electrons. The Labute approximate surface area is 89.8 Å². The van der Waals surface area contributed by atoms with Crippen LogP contribution < -0.4 is 4.74 Å². The molecule has 1 aromatic rings. The summed E-state index contributed by atoms with van der Waals surface area (Å²) in [5, 5.41) is 0. The number of ether oxygens (including phenoxy) is 2. The minimum atomic E-state index is 0.170. The number of hydrogen-bond acceptors (Lipinski definition) is 4. The summed E-state index contributed by atoms with van der Waals surface area (Å²) in [5.74, 6) is 0.800. The van der Waals surface area contributed by atoms with Gasteiger partial charge in [-0.2, -0.15) is 0 Å². The molecule has 1 aliphatic rings. The molecule has 0 aromatic carbocycles. The van der Waals surface area contributed by atoms with E-state index in [1.54, 1.807) is 12.4 Å². The van der Waals surface area contributed by atoms with Crippen molar-refractivity contribution < 1.29 is 9.47 Å². The van der Waals surface area contributed by atoms with Crippen LogP contribution in [0.5, 0.6) is 5.75 Å². The zero-order valence-corrected chi connectivity index (χ0v) is 8.93. The topological polar surface area (TPSA) is 34.6 Å². The molecule has 1 aromatic heterocycles. The third kappa shape index (κ3) is 3.18. The van der Waals surface area contributed by atoms with E-state index in [0.717, 1.165) is 25.4 Å². The molecule has 0 aliphatic carbocycles. The maximum atomic E-state index is 5.58. The number of likely N-dealkylation sites (N-methyl/N-ethyl adjacent to an activating group) is 1. The normalized spacial score (nSPS) is 22.6. The van der Waals surface area contributed by atoms with E-state index in [9.17, 15) is 0 Å². The summed E-state index contributed by atoms with van der Waals surface area (Å²) in [6.07, 6.45) is 3.62. The van der Waals surface area contributed by atoms with Crippen molar-refractivity contribution in [3.8, 4) is 5.75 Å². The lowest BCUT2D eigenvalue weighted by Crippen LogP contribution is -2.42. The van der Waals surface area contributed by atoms with Gasteiger partial charge in [-0.05, 0) is 19.2 Å². The Morgan fingerprint density at radius 2 is 2.60 bits per heavy atom. The lowest BCUT2D eigenvalue weighted by atomic mass is 10.3. The summed E-state index contributed by atoms with van der Waals surface area (Å²) in [5.41, 5.74) is 0. The van der Waals surface area contributed by atoms with Gasteiger partial charge in [0, 0.05) is 19.3 Å². The van der Waals surface area contributed by atoms with Gasteiger partial charge in [-0.1, -0.05) is 0 Å². The summed E-state index contributed by atoms with van der Waals surface area (Å²) >= 11 is 0. The maximum absolute atomic E-state index is 5.58. The van der Waals surface area contributed by atoms with E-state index in [2.05, 4.69) is 16.9 Å². The highest BCUT2D eigenvalue weighted by molar-refractivity contribution is 5.15. The van der Waals surface area contributed by atoms with Crippen molar-refractivity contribution >= 4 is 0 Å². The van der Waals surface area contributed by atoms with Gasteiger partial charge in [0.1, 0.15) is 18.5 Å². The molecule has 0 spiro atoms. The highest BCUT2D eigenvalue weighted by Crippen LogP contribution is 2.09. The second-order valence-electron chi connectivity index (χ2n) is 3.75. The van der Waals surface area contributed by atoms with Crippen molar-refractivity contribution in [2.24, 2.45) is 0 Å². The molecule has 1 fully saturated rings. The first-order chi connectivity index (χ1) is 7.34. The van der Waals surface area contributed by atoms with Gasteiger partial charge in [0.05, 0.1) is 12.8 Å². The SMILES string of the molecule is CN1CCO[C@H](COc2cccnc2)C1. The lowest BCUT2D eigenvalue weighted by molar-refractivity contribution is -0.0403. The van der Waals surface area contributed by atoms with Crippen LogP contribution in [-0.2, 0) is 4.74 Å². The van der Waals surface area contributed by atoms with E-state index in [1.807, 2.05) is 12.1 Å². The third-order valence-electron chi connectivity index (χ3n) is 2.41. The van der Waals surface area contributed by atoms with Crippen molar-refractivity contribution in [2.75, 3.05) is 33.4 Å². The lowest BCUT2D eigenvalue weighted by Gasteiger charge is -2.29. The van der Waals surface area contributed by atoms with Crippen LogP contribution in [-0.4, -0.2) is 49.3 Å². The van der Waals surface area contributed by atoms with Crippen LogP contribution in [0, 0.1) is 0 Å². The van der Waals surface area contributed by atoms with E-state index < -0.39 is 0 Å². The monoisotopic (exact) mass is 208 g/mol. The minimum Gasteiger partial charge on any atom is -0.489 e. The largest absolute Gasteiger partial charge is 0.489 e. The molecule has 1 atom stereocenters. The van der Waals surface area contributed by atoms with Crippen LogP contribution in [0.15, 0.2) is 24.5 Å². The minimum absolute atomic E-state index is 0.170. The summed E-state index contributed by atoms with van der Waals surface area (Å²) < 4.78 is 11.2. The average Bonchev–Trinajstić information content (AvgIpc) is 2.28. The zero-order chi connectivity index (χ0) is 10.5. The molecule has 0 unspecified atom stereocenters. The van der Waals surface area contributed by atoms with E-state index in [-0.39, 0.29) is 6.10 Å². The number of nitrogens with zero attached hydrogens (tertiary/aromatic N) is 2. The molecule has 0 saturated carbocycles. The average molecular weight is 208 g/mol. The molecule has 82 valence electrons. The van der Waals surface area contributed by atoms with Gasteiger partial charge in [-0.3, -0.25) is 4.98 Å². The van der Waals surface area contributed by atoms with Crippen molar-refractivity contribution in [3.05, 3.63) is 24.5 Å². The molecule has 2 rings (SSSR count). The fourth-order valence-corrected chi connectivity index (χ4v) is 1.59. The quantitative estimate of drug-likeness (QED) is 0.735. The van der Waals surface area contributed by atoms with Crippen molar-refractivity contribution in [2.45, 2.75) is 6.10 Å². The van der Waals surface area contributed by atoms with E-state index in [4.69, 9.17) is 9.47 Å². The van der Waals surface area contributed by atoms with Gasteiger partial charge in [-0.15, -0.1) is 0 Å². The predicted octanol–water partition coefficient (Wildman–Crippen LogP) is 0.791. The molecule has 0 bridgehead atoms. The van der Waals surface area contributed by atoms with Crippen LogP contribution in [0.2, 0.25) is 0 Å². The van der Waals surface area contributed by atoms with Crippen LogP contribution in [0.1, 0.15) is 0 Å². The Morgan fingerprint density at radius 1 is 1.67 bits per heavy atom. The number of aromatic nitrogens is 1. The fourth-order valence-electron chi connectivity index (χ4n) is 1.59. The van der Waals surface area contributed by atoms with Gasteiger partial charge in [0.2, 0.25) is 0 Å². The smallest absolute Gasteiger partial charge is 0.137 e. The molecule has 4 nitrogen and oxygen atoms in total. The Morgan fingerprint density at radius 3 is 3.33 bits per heavy atom. The number of rotatable bonds is 3. The molecule has 0 amide bonds. The van der Waals surface area contributed by atoms with Crippen LogP contribution in [0.4, 0.5) is 0 Å². The fraction of sp³-hybridized carbons (Fsp3) is 0.545. The first kappa shape index (κ1) is 10.4. The van der Waals surface area contributed by atoms with Gasteiger partial charge in [-0.25, -0.2) is 0 Å². The zero-order valence-electron chi connectivity index (χ0n) is 8.93. The highest BCUT2D eigenvalue weighted by Gasteiger charge is 2.17. The predicted molar refractivity (Wildman–Crippen MR) is 57.0 cm³/mol. The van der Waals surface area contributed by atoms with Gasteiger partial charge < -0.3 is 14.4 Å². The van der Waals surface area contributed by atoms with Gasteiger partial charge in [0.15, 0.2) is 0 Å². The van der Waals surface area contributed by atoms with Gasteiger partial charge in [0.25, 0.3) is 0 Å². The second-order valence-corrected chi connectivity index (χ2v) is 3.75. The van der Waals surface area contributed by atoms with Crippen molar-refractivity contribution in [1.29, 1.82) is 0 Å². The third-order valence-corrected chi connectivity index (χ3v) is 2.41. The molecule has 4 heteroatoms. The Balaban J connectivity index is 1.78. The highest BCUT2D eigenvalue weighted by atomic mass is 16.5. The first-order valence-electron chi connectivity index (χ1n) is 5.17. The van der Waals surface area contributed by atoms with Gasteiger partial charge >= 0.3 is 0 Å². The van der Waals surface area contributed by atoms with E-state index in [0.29, 0.717) is 6.61 Å². The number of hydrogen-bond donors (Lipinski definition) is 0. The molecule has 15 heavy (non-hydrogen) atoms. The molecule has 2 heterocycles. The van der Waals surface area contributed by atoms with Crippen molar-refractivity contribution in [3.63, 3.8) is 0 Å². The standard InChI is InChI=1S/C11H16N2O2/c1-13-5-6-14-11(8-13)9-15-10-3-2-4-12-7-10/h2-4,7,11H,5-6,8-9H2,1H3/t11-/m0/s1. The molecule has 1 saturated heterocycles. The van der Waals surface area contributed by atoms with Crippen LogP contribution in [0.25, 0.3) is 0 Å². The summed E-state index contributed by atoms with van der Waals surface area (Å²) in [4.78, 5) is 6.24. The maximum Gasteiger partial charge on any atom is 0.137 e. The summed E-state index contributed by atoms with van der Waals surface area (Å²) in [6.45, 7) is 3.32. The van der Waals surface area contributed by atoms with E-state index >= 15 is 0 Å². The summed E-state index contributed by atoms with van der Waals surface area (Å²) in [7, 11) is 2.10. The summed E-state index contributed by atoms with van der Waals surface area (Å²) in [6, 6.07) is 3.77.